The zero-order valence-corrected chi connectivity index (χ0v) is 11.1. The van der Waals surface area contributed by atoms with Crippen LogP contribution in [0.4, 0.5) is 5.69 Å². The van der Waals surface area contributed by atoms with E-state index >= 15 is 0 Å². The molecule has 4 heteroatoms. The van der Waals surface area contributed by atoms with Gasteiger partial charge in [-0.05, 0) is 37.3 Å². The van der Waals surface area contributed by atoms with Crippen molar-refractivity contribution in [2.75, 3.05) is 19.0 Å². The Morgan fingerprint density at radius 3 is 2.76 bits per heavy atom. The minimum absolute atomic E-state index is 0.399. The molecule has 0 bridgehead atoms. The number of methoxy groups -OCH3 is 1. The molecule has 3 nitrogen and oxygen atoms in total. The van der Waals surface area contributed by atoms with E-state index < -0.39 is 0 Å². The number of nitrogens with one attached hydrogen (secondary N) is 1. The van der Waals surface area contributed by atoms with E-state index in [2.05, 4.69) is 5.32 Å². The van der Waals surface area contributed by atoms with Gasteiger partial charge in [-0.25, -0.2) is 0 Å². The first-order valence-electron chi connectivity index (χ1n) is 5.93. The molecule has 1 aromatic carbocycles. The number of halogens is 1. The number of aryl methyl sites for hydroxylation is 1. The van der Waals surface area contributed by atoms with Crippen LogP contribution < -0.4 is 15.8 Å². The van der Waals surface area contributed by atoms with Crippen molar-refractivity contribution in [2.45, 2.75) is 25.8 Å². The molecule has 0 aromatic heterocycles. The molecule has 3 N–H and O–H groups in total. The highest BCUT2D eigenvalue weighted by Crippen LogP contribution is 2.32. The Morgan fingerprint density at radius 1 is 1.47 bits per heavy atom. The fourth-order valence-electron chi connectivity index (χ4n) is 2.18. The van der Waals surface area contributed by atoms with Gasteiger partial charge in [0.15, 0.2) is 0 Å². The summed E-state index contributed by atoms with van der Waals surface area (Å²) in [6.45, 7) is 2.94. The number of benzene rings is 1. The number of hydrogen-bond donors (Lipinski definition) is 2. The van der Waals surface area contributed by atoms with Gasteiger partial charge in [-0.1, -0.05) is 11.6 Å². The van der Waals surface area contributed by atoms with Gasteiger partial charge in [0, 0.05) is 23.7 Å². The van der Waals surface area contributed by atoms with E-state index in [1.165, 1.54) is 0 Å². The predicted octanol–water partition coefficient (Wildman–Crippen LogP) is 2.81. The molecule has 0 atom stereocenters. The van der Waals surface area contributed by atoms with Gasteiger partial charge in [-0.15, -0.1) is 0 Å². The highest BCUT2D eigenvalue weighted by Gasteiger charge is 2.25. The van der Waals surface area contributed by atoms with Crippen LogP contribution >= 0.6 is 11.6 Å². The van der Waals surface area contributed by atoms with Crippen molar-refractivity contribution >= 4 is 17.3 Å². The number of rotatable bonds is 4. The van der Waals surface area contributed by atoms with Gasteiger partial charge < -0.3 is 15.8 Å². The Kier molecular flexibility index (Phi) is 3.79. The quantitative estimate of drug-likeness (QED) is 0.869. The Bertz CT molecular complexity index is 403. The summed E-state index contributed by atoms with van der Waals surface area (Å²) in [5.41, 5.74) is 7.83. The zero-order chi connectivity index (χ0) is 12.4. The number of hydrogen-bond acceptors (Lipinski definition) is 3. The first-order chi connectivity index (χ1) is 8.10. The van der Waals surface area contributed by atoms with Crippen LogP contribution in [-0.4, -0.2) is 19.7 Å². The summed E-state index contributed by atoms with van der Waals surface area (Å²) < 4.78 is 5.31. The molecular weight excluding hydrogens is 236 g/mol. The summed E-state index contributed by atoms with van der Waals surface area (Å²) in [6.07, 6.45) is 2.23. The molecular formula is C13H19ClN2O. The molecule has 1 aromatic rings. The van der Waals surface area contributed by atoms with Gasteiger partial charge in [0.1, 0.15) is 5.75 Å². The summed E-state index contributed by atoms with van der Waals surface area (Å²) in [5, 5.41) is 4.15. The second-order valence-corrected chi connectivity index (χ2v) is 5.19. The van der Waals surface area contributed by atoms with Gasteiger partial charge in [-0.2, -0.15) is 0 Å². The summed E-state index contributed by atoms with van der Waals surface area (Å²) in [5.74, 6) is 1.48. The molecule has 0 spiro atoms. The molecule has 1 aliphatic carbocycles. The molecule has 17 heavy (non-hydrogen) atoms. The molecule has 0 heterocycles. The van der Waals surface area contributed by atoms with E-state index in [0.29, 0.717) is 12.0 Å². The average molecular weight is 255 g/mol. The normalized spacial score (nSPS) is 23.1. The Hall–Kier alpha value is -0.930. The van der Waals surface area contributed by atoms with Crippen LogP contribution in [-0.2, 0) is 0 Å². The molecule has 1 aliphatic rings. The van der Waals surface area contributed by atoms with Gasteiger partial charge >= 0.3 is 0 Å². The largest absolute Gasteiger partial charge is 0.495 e. The summed E-state index contributed by atoms with van der Waals surface area (Å²) in [7, 11) is 1.66. The summed E-state index contributed by atoms with van der Waals surface area (Å²) in [4.78, 5) is 0. The molecule has 0 unspecified atom stereocenters. The van der Waals surface area contributed by atoms with E-state index in [9.17, 15) is 0 Å². The maximum atomic E-state index is 6.06. The van der Waals surface area contributed by atoms with Gasteiger partial charge in [-0.3, -0.25) is 0 Å². The summed E-state index contributed by atoms with van der Waals surface area (Å²) in [6, 6.07) is 4.28. The lowest BCUT2D eigenvalue weighted by Crippen LogP contribution is -2.39. The number of anilines is 1. The third kappa shape index (κ3) is 2.85. The summed E-state index contributed by atoms with van der Waals surface area (Å²) >= 11 is 6.06. The van der Waals surface area contributed by atoms with Gasteiger partial charge in [0.05, 0.1) is 12.8 Å². The first-order valence-corrected chi connectivity index (χ1v) is 6.31. The van der Waals surface area contributed by atoms with Crippen LogP contribution in [0.2, 0.25) is 5.02 Å². The van der Waals surface area contributed by atoms with Crippen LogP contribution in [0.5, 0.6) is 5.75 Å². The second-order valence-electron chi connectivity index (χ2n) is 4.78. The van der Waals surface area contributed by atoms with Crippen molar-refractivity contribution in [3.63, 3.8) is 0 Å². The second kappa shape index (κ2) is 5.15. The first kappa shape index (κ1) is 12.5. The van der Waals surface area contributed by atoms with Crippen molar-refractivity contribution < 1.29 is 4.74 Å². The van der Waals surface area contributed by atoms with E-state index in [-0.39, 0.29) is 0 Å². The maximum absolute atomic E-state index is 6.06. The Labute approximate surface area is 107 Å². The van der Waals surface area contributed by atoms with E-state index in [0.717, 1.165) is 41.4 Å². The van der Waals surface area contributed by atoms with Gasteiger partial charge in [0.25, 0.3) is 0 Å². The molecule has 1 saturated carbocycles. The number of ether oxygens (including phenoxy) is 1. The van der Waals surface area contributed by atoms with Crippen molar-refractivity contribution in [1.82, 2.24) is 0 Å². The predicted molar refractivity (Wildman–Crippen MR) is 71.9 cm³/mol. The minimum Gasteiger partial charge on any atom is -0.495 e. The Morgan fingerprint density at radius 2 is 2.18 bits per heavy atom. The van der Waals surface area contributed by atoms with Crippen LogP contribution in [0.15, 0.2) is 12.1 Å². The molecule has 0 radical (unpaired) electrons. The highest BCUT2D eigenvalue weighted by atomic mass is 35.5. The molecule has 94 valence electrons. The lowest BCUT2D eigenvalue weighted by Gasteiger charge is -2.32. The molecule has 0 aliphatic heterocycles. The van der Waals surface area contributed by atoms with Crippen molar-refractivity contribution in [2.24, 2.45) is 11.7 Å². The van der Waals surface area contributed by atoms with Crippen LogP contribution in [0, 0.1) is 12.8 Å². The van der Waals surface area contributed by atoms with Crippen LogP contribution in [0.3, 0.4) is 0 Å². The standard InChI is InChI=1S/C13H19ClN2O/c1-8-3-12(13(17-2)6-11(8)14)16-7-9-4-10(15)5-9/h3,6,9-10,16H,4-5,7,15H2,1-2H3. The molecule has 2 rings (SSSR count). The smallest absolute Gasteiger partial charge is 0.143 e. The monoisotopic (exact) mass is 254 g/mol. The molecule has 1 fully saturated rings. The topological polar surface area (TPSA) is 47.3 Å². The fraction of sp³-hybridized carbons (Fsp3) is 0.538. The Balaban J connectivity index is 2.01. The molecule has 0 saturated heterocycles. The minimum atomic E-state index is 0.399. The average Bonchev–Trinajstić information content (AvgIpc) is 2.27. The van der Waals surface area contributed by atoms with Crippen molar-refractivity contribution in [3.8, 4) is 5.75 Å². The fourth-order valence-corrected chi connectivity index (χ4v) is 2.33. The number of nitrogens with two attached hydrogens (primary N) is 1. The lowest BCUT2D eigenvalue weighted by molar-refractivity contribution is 0.280. The van der Waals surface area contributed by atoms with E-state index in [1.54, 1.807) is 7.11 Å². The zero-order valence-electron chi connectivity index (χ0n) is 10.3. The SMILES string of the molecule is COc1cc(Cl)c(C)cc1NCC1CC(N)C1. The lowest BCUT2D eigenvalue weighted by atomic mass is 9.81. The van der Waals surface area contributed by atoms with Gasteiger partial charge in [0.2, 0.25) is 0 Å². The van der Waals surface area contributed by atoms with E-state index in [1.807, 2.05) is 19.1 Å². The van der Waals surface area contributed by atoms with Crippen LogP contribution in [0.1, 0.15) is 18.4 Å². The van der Waals surface area contributed by atoms with Crippen LogP contribution in [0.25, 0.3) is 0 Å². The molecule has 0 amide bonds. The van der Waals surface area contributed by atoms with E-state index in [4.69, 9.17) is 22.1 Å². The third-order valence-corrected chi connectivity index (χ3v) is 3.74. The third-order valence-electron chi connectivity index (χ3n) is 3.33. The highest BCUT2D eigenvalue weighted by molar-refractivity contribution is 6.31. The van der Waals surface area contributed by atoms with Crippen molar-refractivity contribution in [3.05, 3.63) is 22.7 Å². The maximum Gasteiger partial charge on any atom is 0.143 e. The van der Waals surface area contributed by atoms with Crippen molar-refractivity contribution in [1.29, 1.82) is 0 Å².